The summed E-state index contributed by atoms with van der Waals surface area (Å²) in [4.78, 5) is 24.0. The molecule has 1 fully saturated rings. The van der Waals surface area contributed by atoms with Crippen LogP contribution < -0.4 is 10.5 Å². The van der Waals surface area contributed by atoms with E-state index in [9.17, 15) is 9.59 Å². The van der Waals surface area contributed by atoms with E-state index in [1.165, 1.54) is 10.7 Å². The Kier molecular flexibility index (Phi) is 4.72. The van der Waals surface area contributed by atoms with Crippen LogP contribution in [0.5, 0.6) is 0 Å². The first-order chi connectivity index (χ1) is 8.08. The summed E-state index contributed by atoms with van der Waals surface area (Å²) in [5.74, 6) is -0.243. The zero-order chi connectivity index (χ0) is 12.4. The van der Waals surface area contributed by atoms with Gasteiger partial charge in [-0.15, -0.1) is 12.4 Å². The van der Waals surface area contributed by atoms with Crippen LogP contribution in [0.4, 0.5) is 5.82 Å². The molecule has 0 aromatic carbocycles. The van der Waals surface area contributed by atoms with Gasteiger partial charge in [0, 0.05) is 26.2 Å². The normalized spacial score (nSPS) is 16.2. The first kappa shape index (κ1) is 14.5. The maximum atomic E-state index is 11.2. The van der Waals surface area contributed by atoms with E-state index in [0.717, 1.165) is 5.82 Å². The van der Waals surface area contributed by atoms with Crippen molar-refractivity contribution in [3.05, 3.63) is 22.5 Å². The zero-order valence-corrected chi connectivity index (χ0v) is 10.9. The SMILES string of the molecule is Cl.Cn1nc(N2CCC(C(=O)O)CC2)ccc1=O. The Balaban J connectivity index is 0.00000162. The summed E-state index contributed by atoms with van der Waals surface area (Å²) in [7, 11) is 1.61. The molecule has 1 aliphatic rings. The second kappa shape index (κ2) is 5.86. The number of hydrogen-bond donors (Lipinski definition) is 1. The molecule has 1 aromatic rings. The number of rotatable bonds is 2. The molecule has 0 spiro atoms. The number of halogens is 1. The van der Waals surface area contributed by atoms with E-state index in [0.29, 0.717) is 25.9 Å². The Morgan fingerprint density at radius 3 is 2.50 bits per heavy atom. The van der Waals surface area contributed by atoms with Crippen molar-refractivity contribution in [1.29, 1.82) is 0 Å². The molecule has 1 aliphatic heterocycles. The molecule has 2 rings (SSSR count). The topological polar surface area (TPSA) is 75.4 Å². The first-order valence-corrected chi connectivity index (χ1v) is 5.60. The number of nitrogens with zero attached hydrogens (tertiary/aromatic N) is 3. The van der Waals surface area contributed by atoms with Gasteiger partial charge in [-0.1, -0.05) is 0 Å². The number of carbonyl (C=O) groups is 1. The van der Waals surface area contributed by atoms with E-state index in [-0.39, 0.29) is 23.9 Å². The molecule has 18 heavy (non-hydrogen) atoms. The standard InChI is InChI=1S/C11H15N3O3.ClH/c1-13-10(15)3-2-9(12-13)14-6-4-8(5-7-14)11(16)17;/h2-3,8H,4-7H2,1H3,(H,16,17);1H. The number of aromatic nitrogens is 2. The third-order valence-corrected chi connectivity index (χ3v) is 3.11. The summed E-state index contributed by atoms with van der Waals surface area (Å²) >= 11 is 0. The van der Waals surface area contributed by atoms with Crippen molar-refractivity contribution in [2.45, 2.75) is 12.8 Å². The van der Waals surface area contributed by atoms with Gasteiger partial charge >= 0.3 is 5.97 Å². The predicted molar refractivity (Wildman–Crippen MR) is 69.3 cm³/mol. The fraction of sp³-hybridized carbons (Fsp3) is 0.545. The largest absolute Gasteiger partial charge is 0.481 e. The average molecular weight is 274 g/mol. The lowest BCUT2D eigenvalue weighted by Gasteiger charge is -2.30. The minimum atomic E-state index is -0.724. The van der Waals surface area contributed by atoms with Crippen LogP contribution in [-0.2, 0) is 11.8 Å². The second-order valence-electron chi connectivity index (χ2n) is 4.25. The van der Waals surface area contributed by atoms with E-state index in [2.05, 4.69) is 5.10 Å². The zero-order valence-electron chi connectivity index (χ0n) is 10.1. The third kappa shape index (κ3) is 3.01. The van der Waals surface area contributed by atoms with Crippen LogP contribution in [0, 0.1) is 5.92 Å². The van der Waals surface area contributed by atoms with Gasteiger partial charge in [0.2, 0.25) is 0 Å². The Labute approximate surface area is 111 Å². The minimum absolute atomic E-state index is 0. The highest BCUT2D eigenvalue weighted by Crippen LogP contribution is 2.20. The summed E-state index contributed by atoms with van der Waals surface area (Å²) in [5, 5.41) is 13.0. The van der Waals surface area contributed by atoms with Crippen molar-refractivity contribution in [3.63, 3.8) is 0 Å². The molecule has 0 radical (unpaired) electrons. The van der Waals surface area contributed by atoms with E-state index in [1.54, 1.807) is 13.1 Å². The highest BCUT2D eigenvalue weighted by atomic mass is 35.5. The lowest BCUT2D eigenvalue weighted by molar-refractivity contribution is -0.142. The van der Waals surface area contributed by atoms with Crippen LogP contribution in [0.25, 0.3) is 0 Å². The van der Waals surface area contributed by atoms with Crippen molar-refractivity contribution in [2.24, 2.45) is 13.0 Å². The van der Waals surface area contributed by atoms with E-state index < -0.39 is 5.97 Å². The molecule has 1 saturated heterocycles. The highest BCUT2D eigenvalue weighted by Gasteiger charge is 2.25. The summed E-state index contributed by atoms with van der Waals surface area (Å²) in [6, 6.07) is 3.16. The van der Waals surface area contributed by atoms with E-state index in [1.807, 2.05) is 4.90 Å². The van der Waals surface area contributed by atoms with Gasteiger partial charge in [0.05, 0.1) is 5.92 Å². The predicted octanol–water partition coefficient (Wildman–Crippen LogP) is 0.503. The van der Waals surface area contributed by atoms with Gasteiger partial charge in [0.25, 0.3) is 5.56 Å². The molecule has 2 heterocycles. The second-order valence-corrected chi connectivity index (χ2v) is 4.25. The lowest BCUT2D eigenvalue weighted by Crippen LogP contribution is -2.37. The molecule has 0 bridgehead atoms. The highest BCUT2D eigenvalue weighted by molar-refractivity contribution is 5.85. The van der Waals surface area contributed by atoms with Crippen molar-refractivity contribution in [2.75, 3.05) is 18.0 Å². The Bertz CT molecular complexity index is 481. The van der Waals surface area contributed by atoms with Crippen molar-refractivity contribution in [1.82, 2.24) is 9.78 Å². The molecule has 0 aliphatic carbocycles. The van der Waals surface area contributed by atoms with Gasteiger partial charge in [-0.05, 0) is 18.9 Å². The summed E-state index contributed by atoms with van der Waals surface area (Å²) in [5.41, 5.74) is -0.144. The molecule has 6 nitrogen and oxygen atoms in total. The Morgan fingerprint density at radius 2 is 2.00 bits per heavy atom. The average Bonchev–Trinajstić information content (AvgIpc) is 2.33. The van der Waals surface area contributed by atoms with Crippen molar-refractivity contribution >= 4 is 24.2 Å². The van der Waals surface area contributed by atoms with Gasteiger partial charge in [-0.3, -0.25) is 9.59 Å². The Morgan fingerprint density at radius 1 is 1.39 bits per heavy atom. The summed E-state index contributed by atoms with van der Waals surface area (Å²) in [6.45, 7) is 1.34. The summed E-state index contributed by atoms with van der Waals surface area (Å²) < 4.78 is 1.29. The Hall–Kier alpha value is -1.56. The fourth-order valence-electron chi connectivity index (χ4n) is 2.01. The van der Waals surface area contributed by atoms with Crippen molar-refractivity contribution < 1.29 is 9.90 Å². The quantitative estimate of drug-likeness (QED) is 0.849. The monoisotopic (exact) mass is 273 g/mol. The number of anilines is 1. The van der Waals surface area contributed by atoms with Gasteiger partial charge in [0.15, 0.2) is 0 Å². The maximum absolute atomic E-state index is 11.2. The molecule has 1 N–H and O–H groups in total. The van der Waals surface area contributed by atoms with E-state index in [4.69, 9.17) is 5.11 Å². The van der Waals surface area contributed by atoms with Crippen LogP contribution in [0.2, 0.25) is 0 Å². The van der Waals surface area contributed by atoms with Gasteiger partial charge in [0.1, 0.15) is 5.82 Å². The minimum Gasteiger partial charge on any atom is -0.481 e. The lowest BCUT2D eigenvalue weighted by atomic mass is 9.97. The van der Waals surface area contributed by atoms with Crippen LogP contribution in [0.15, 0.2) is 16.9 Å². The molecular formula is C11H16ClN3O3. The molecule has 1 aromatic heterocycles. The van der Waals surface area contributed by atoms with Crippen LogP contribution >= 0.6 is 12.4 Å². The van der Waals surface area contributed by atoms with Gasteiger partial charge < -0.3 is 10.0 Å². The summed E-state index contributed by atoms with van der Waals surface area (Å²) in [6.07, 6.45) is 1.25. The molecular weight excluding hydrogens is 258 g/mol. The molecule has 0 atom stereocenters. The molecule has 0 amide bonds. The van der Waals surface area contributed by atoms with Crippen LogP contribution in [0.3, 0.4) is 0 Å². The maximum Gasteiger partial charge on any atom is 0.306 e. The number of piperidine rings is 1. The van der Waals surface area contributed by atoms with E-state index >= 15 is 0 Å². The molecule has 100 valence electrons. The van der Waals surface area contributed by atoms with Gasteiger partial charge in [-0.2, -0.15) is 5.10 Å². The number of aryl methyl sites for hydroxylation is 1. The number of carboxylic acids is 1. The number of carboxylic acid groups (broad SMARTS) is 1. The molecule has 0 unspecified atom stereocenters. The molecule has 0 saturated carbocycles. The first-order valence-electron chi connectivity index (χ1n) is 5.60. The number of hydrogen-bond acceptors (Lipinski definition) is 4. The fourth-order valence-corrected chi connectivity index (χ4v) is 2.01. The number of aliphatic carboxylic acids is 1. The van der Waals surface area contributed by atoms with Crippen LogP contribution in [-0.4, -0.2) is 33.9 Å². The molecule has 7 heteroatoms. The third-order valence-electron chi connectivity index (χ3n) is 3.11. The van der Waals surface area contributed by atoms with Gasteiger partial charge in [-0.25, -0.2) is 4.68 Å². The van der Waals surface area contributed by atoms with Crippen molar-refractivity contribution in [3.8, 4) is 0 Å². The van der Waals surface area contributed by atoms with Crippen LogP contribution in [0.1, 0.15) is 12.8 Å². The smallest absolute Gasteiger partial charge is 0.306 e.